The van der Waals surface area contributed by atoms with Gasteiger partial charge in [-0.1, -0.05) is 19.0 Å². The van der Waals surface area contributed by atoms with Gasteiger partial charge in [-0.3, -0.25) is 0 Å². The van der Waals surface area contributed by atoms with Gasteiger partial charge in [-0.15, -0.1) is 0 Å². The first kappa shape index (κ1) is 16.8. The van der Waals surface area contributed by atoms with Crippen LogP contribution >= 0.6 is 0 Å². The maximum absolute atomic E-state index is 11.8. The third kappa shape index (κ3) is 3.80. The van der Waals surface area contributed by atoms with Crippen LogP contribution in [0.3, 0.4) is 0 Å². The summed E-state index contributed by atoms with van der Waals surface area (Å²) >= 11 is 0. The van der Waals surface area contributed by atoms with Crippen LogP contribution in [0.5, 0.6) is 0 Å². The molecular weight excluding hydrogens is 282 g/mol. The molecule has 6 nitrogen and oxygen atoms in total. The van der Waals surface area contributed by atoms with Gasteiger partial charge in [-0.25, -0.2) is 4.79 Å². The zero-order valence-corrected chi connectivity index (χ0v) is 13.8. The van der Waals surface area contributed by atoms with Crippen LogP contribution < -0.4 is 10.6 Å². The minimum Gasteiger partial charge on any atom is -0.396 e. The lowest BCUT2D eigenvalue weighted by molar-refractivity contribution is 0.0199. The van der Waals surface area contributed by atoms with E-state index in [9.17, 15) is 4.79 Å². The van der Waals surface area contributed by atoms with Crippen molar-refractivity contribution in [3.8, 4) is 0 Å². The highest BCUT2D eigenvalue weighted by Gasteiger charge is 2.48. The van der Waals surface area contributed by atoms with Crippen LogP contribution in [0.1, 0.15) is 45.6 Å². The number of hydrogen-bond donors (Lipinski definition) is 3. The number of aliphatic hydroxyl groups is 1. The molecule has 6 heteroatoms. The molecule has 0 spiro atoms. The quantitative estimate of drug-likeness (QED) is 0.748. The van der Waals surface area contributed by atoms with Gasteiger partial charge in [-0.05, 0) is 38.0 Å². The van der Waals surface area contributed by atoms with E-state index in [4.69, 9.17) is 9.63 Å². The highest BCUT2D eigenvalue weighted by Crippen LogP contribution is 2.47. The van der Waals surface area contributed by atoms with Gasteiger partial charge in [0.2, 0.25) is 0 Å². The lowest BCUT2D eigenvalue weighted by Gasteiger charge is -2.52. The molecule has 0 bridgehead atoms. The minimum absolute atomic E-state index is 0.0322. The van der Waals surface area contributed by atoms with Crippen molar-refractivity contribution in [2.45, 2.75) is 59.0 Å². The molecule has 124 valence electrons. The summed E-state index contributed by atoms with van der Waals surface area (Å²) < 4.78 is 5.19. The minimum atomic E-state index is -0.0989. The molecule has 22 heavy (non-hydrogen) atoms. The van der Waals surface area contributed by atoms with E-state index in [0.717, 1.165) is 24.3 Å². The molecule has 1 aromatic heterocycles. The van der Waals surface area contributed by atoms with Crippen molar-refractivity contribution >= 4 is 6.03 Å². The Morgan fingerprint density at radius 1 is 1.55 bits per heavy atom. The van der Waals surface area contributed by atoms with Crippen molar-refractivity contribution < 1.29 is 14.4 Å². The average Bonchev–Trinajstić information content (AvgIpc) is 2.84. The van der Waals surface area contributed by atoms with Crippen LogP contribution in [0.4, 0.5) is 4.79 Å². The molecule has 1 aromatic rings. The van der Waals surface area contributed by atoms with Crippen molar-refractivity contribution in [3.63, 3.8) is 0 Å². The Kier molecular flexibility index (Phi) is 5.11. The molecule has 0 aromatic carbocycles. The zero-order valence-electron chi connectivity index (χ0n) is 13.8. The number of amides is 2. The Hall–Kier alpha value is -1.56. The van der Waals surface area contributed by atoms with E-state index in [1.807, 2.05) is 19.9 Å². The first-order valence-electron chi connectivity index (χ1n) is 7.95. The molecule has 0 aliphatic heterocycles. The third-order valence-electron chi connectivity index (χ3n) is 4.62. The highest BCUT2D eigenvalue weighted by atomic mass is 16.5. The first-order chi connectivity index (χ1) is 10.3. The van der Waals surface area contributed by atoms with Crippen molar-refractivity contribution in [2.75, 3.05) is 6.61 Å². The van der Waals surface area contributed by atoms with Gasteiger partial charge in [0.15, 0.2) is 0 Å². The lowest BCUT2D eigenvalue weighted by Crippen LogP contribution is -2.60. The zero-order chi connectivity index (χ0) is 16.3. The molecule has 0 saturated heterocycles. The summed E-state index contributed by atoms with van der Waals surface area (Å²) in [6.07, 6.45) is 2.28. The van der Waals surface area contributed by atoms with E-state index >= 15 is 0 Å². The molecule has 2 amide bonds. The summed E-state index contributed by atoms with van der Waals surface area (Å²) in [5.41, 5.74) is 0.955. The van der Waals surface area contributed by atoms with Crippen LogP contribution in [0.25, 0.3) is 0 Å². The van der Waals surface area contributed by atoms with Crippen LogP contribution in [-0.4, -0.2) is 35.0 Å². The maximum atomic E-state index is 11.8. The van der Waals surface area contributed by atoms with Crippen molar-refractivity contribution in [2.24, 2.45) is 11.3 Å². The van der Waals surface area contributed by atoms with E-state index in [1.54, 1.807) is 0 Å². The number of nitrogens with one attached hydrogen (secondary N) is 2. The van der Waals surface area contributed by atoms with Crippen LogP contribution in [0.15, 0.2) is 10.6 Å². The normalized spacial score (nSPS) is 23.2. The standard InChI is InChI=1S/C16H27N3O3/c1-10(2)17-15(21)18-14-8-11(16(14,3)4)7-12-9-13(5-6-20)22-19-12/h9-11,14,20H,5-8H2,1-4H3,(H2,17,18,21)/t11-,14+/m1/s1. The van der Waals surface area contributed by atoms with E-state index < -0.39 is 0 Å². The molecule has 2 atom stereocenters. The summed E-state index contributed by atoms with van der Waals surface area (Å²) in [7, 11) is 0. The summed E-state index contributed by atoms with van der Waals surface area (Å²) in [5.74, 6) is 1.18. The summed E-state index contributed by atoms with van der Waals surface area (Å²) in [6.45, 7) is 8.32. The van der Waals surface area contributed by atoms with Crippen LogP contribution in [0, 0.1) is 11.3 Å². The van der Waals surface area contributed by atoms with E-state index in [2.05, 4.69) is 29.6 Å². The van der Waals surface area contributed by atoms with Gasteiger partial charge in [0.25, 0.3) is 0 Å². The molecule has 1 saturated carbocycles. The monoisotopic (exact) mass is 309 g/mol. The second-order valence-electron chi connectivity index (χ2n) is 7.04. The maximum Gasteiger partial charge on any atom is 0.315 e. The number of urea groups is 1. The predicted octanol–water partition coefficient (Wildman–Crippen LogP) is 1.87. The fourth-order valence-electron chi connectivity index (χ4n) is 3.00. The number of rotatable bonds is 6. The van der Waals surface area contributed by atoms with Gasteiger partial charge in [0, 0.05) is 24.6 Å². The lowest BCUT2D eigenvalue weighted by atomic mass is 9.57. The van der Waals surface area contributed by atoms with Crippen molar-refractivity contribution in [1.29, 1.82) is 0 Å². The number of carbonyl (C=O) groups excluding carboxylic acids is 1. The molecule has 1 fully saturated rings. The largest absolute Gasteiger partial charge is 0.396 e. The number of carbonyl (C=O) groups is 1. The van der Waals surface area contributed by atoms with E-state index in [0.29, 0.717) is 12.3 Å². The fraction of sp³-hybridized carbons (Fsp3) is 0.750. The van der Waals surface area contributed by atoms with E-state index in [-0.39, 0.29) is 30.1 Å². The van der Waals surface area contributed by atoms with Gasteiger partial charge < -0.3 is 20.3 Å². The molecule has 2 rings (SSSR count). The summed E-state index contributed by atoms with van der Waals surface area (Å²) in [6, 6.07) is 2.13. The number of nitrogens with zero attached hydrogens (tertiary/aromatic N) is 1. The Bertz CT molecular complexity index is 510. The highest BCUT2D eigenvalue weighted by molar-refractivity contribution is 5.74. The summed E-state index contributed by atoms with van der Waals surface area (Å²) in [4.78, 5) is 11.8. The average molecular weight is 309 g/mol. The summed E-state index contributed by atoms with van der Waals surface area (Å²) in [5, 5.41) is 18.9. The Morgan fingerprint density at radius 3 is 2.86 bits per heavy atom. The topological polar surface area (TPSA) is 87.4 Å². The Morgan fingerprint density at radius 2 is 2.27 bits per heavy atom. The Balaban J connectivity index is 1.86. The van der Waals surface area contributed by atoms with Gasteiger partial charge in [-0.2, -0.15) is 0 Å². The van der Waals surface area contributed by atoms with Crippen LogP contribution in [0.2, 0.25) is 0 Å². The molecule has 0 unspecified atom stereocenters. The van der Waals surface area contributed by atoms with Gasteiger partial charge in [0.1, 0.15) is 5.76 Å². The first-order valence-corrected chi connectivity index (χ1v) is 7.95. The van der Waals surface area contributed by atoms with Gasteiger partial charge in [0.05, 0.1) is 12.3 Å². The molecule has 1 heterocycles. The SMILES string of the molecule is CC(C)NC(=O)N[C@H]1C[C@@H](Cc2cc(CCO)on2)C1(C)C. The second kappa shape index (κ2) is 6.69. The predicted molar refractivity (Wildman–Crippen MR) is 83.5 cm³/mol. The van der Waals surface area contributed by atoms with E-state index in [1.165, 1.54) is 0 Å². The fourth-order valence-corrected chi connectivity index (χ4v) is 3.00. The Labute approximate surface area is 131 Å². The second-order valence-corrected chi connectivity index (χ2v) is 7.04. The van der Waals surface area contributed by atoms with Crippen molar-refractivity contribution in [1.82, 2.24) is 15.8 Å². The number of aliphatic hydroxyl groups excluding tert-OH is 1. The molecule has 3 N–H and O–H groups in total. The molecule has 1 aliphatic carbocycles. The number of hydrogen-bond acceptors (Lipinski definition) is 4. The van der Waals surface area contributed by atoms with Crippen LogP contribution in [-0.2, 0) is 12.8 Å². The smallest absolute Gasteiger partial charge is 0.315 e. The van der Waals surface area contributed by atoms with Crippen molar-refractivity contribution in [3.05, 3.63) is 17.5 Å². The molecule has 1 aliphatic rings. The molecular formula is C16H27N3O3. The number of aromatic nitrogens is 1. The van der Waals surface area contributed by atoms with Gasteiger partial charge >= 0.3 is 6.03 Å². The molecule has 0 radical (unpaired) electrons. The third-order valence-corrected chi connectivity index (χ3v) is 4.62.